The van der Waals surface area contributed by atoms with E-state index in [4.69, 9.17) is 16.3 Å². The molecule has 2 N–H and O–H groups in total. The van der Waals surface area contributed by atoms with Crippen LogP contribution in [0.4, 0.5) is 17.1 Å². The van der Waals surface area contributed by atoms with Gasteiger partial charge in [0, 0.05) is 78.8 Å². The van der Waals surface area contributed by atoms with Gasteiger partial charge in [0.15, 0.2) is 0 Å². The molecular weight excluding hydrogens is 832 g/mol. The van der Waals surface area contributed by atoms with Gasteiger partial charge in [-0.15, -0.1) is 11.8 Å². The smallest absolute Gasteiger partial charge is 0.293 e. The van der Waals surface area contributed by atoms with Crippen molar-refractivity contribution >= 4 is 61.9 Å². The Morgan fingerprint density at radius 2 is 1.62 bits per heavy atom. The van der Waals surface area contributed by atoms with E-state index in [2.05, 4.69) is 50.7 Å². The monoisotopic (exact) mass is 886 g/mol. The van der Waals surface area contributed by atoms with E-state index in [1.165, 1.54) is 28.8 Å². The number of nitrogens with one attached hydrogen (secondary N) is 2. The predicted molar refractivity (Wildman–Crippen MR) is 245 cm³/mol. The summed E-state index contributed by atoms with van der Waals surface area (Å²) in [5.74, 6) is -0.254. The van der Waals surface area contributed by atoms with Crippen LogP contribution in [0, 0.1) is 15.5 Å². The number of thioether (sulfide) groups is 1. The second-order valence-electron chi connectivity index (χ2n) is 16.8. The zero-order chi connectivity index (χ0) is 43.2. The van der Waals surface area contributed by atoms with Crippen molar-refractivity contribution in [3.63, 3.8) is 0 Å². The van der Waals surface area contributed by atoms with Gasteiger partial charge in [-0.05, 0) is 103 Å². The van der Waals surface area contributed by atoms with Crippen LogP contribution in [-0.2, 0) is 14.8 Å². The Balaban J connectivity index is 0.994. The molecule has 324 valence electrons. The molecular formula is C46H55ClN6O6S2. The number of rotatable bonds is 15. The summed E-state index contributed by atoms with van der Waals surface area (Å²) in [4.78, 5) is 32.9. The molecule has 1 amide bonds. The number of amides is 1. The first kappa shape index (κ1) is 44.6. The largest absolute Gasteiger partial charge is 0.379 e. The molecule has 0 saturated carbocycles. The summed E-state index contributed by atoms with van der Waals surface area (Å²) in [6.45, 7) is 13.4. The number of anilines is 2. The minimum absolute atomic E-state index is 0.162. The Morgan fingerprint density at radius 1 is 0.934 bits per heavy atom. The van der Waals surface area contributed by atoms with Crippen LogP contribution < -0.4 is 14.9 Å². The Labute approximate surface area is 368 Å². The van der Waals surface area contributed by atoms with Crippen LogP contribution in [0.25, 0.3) is 5.57 Å². The van der Waals surface area contributed by atoms with Gasteiger partial charge in [-0.25, -0.2) is 13.1 Å². The fourth-order valence-electron chi connectivity index (χ4n) is 8.58. The van der Waals surface area contributed by atoms with Crippen molar-refractivity contribution in [3.8, 4) is 0 Å². The van der Waals surface area contributed by atoms with Crippen molar-refractivity contribution in [1.29, 1.82) is 0 Å². The van der Waals surface area contributed by atoms with Crippen LogP contribution in [-0.4, -0.2) is 99.5 Å². The van der Waals surface area contributed by atoms with Gasteiger partial charge in [-0.3, -0.25) is 24.7 Å². The number of sulfonamides is 1. The Bertz CT molecular complexity index is 2310. The number of piperazine rings is 1. The fraction of sp³-hybridized carbons (Fsp3) is 0.413. The van der Waals surface area contributed by atoms with Crippen LogP contribution in [0.2, 0.25) is 5.02 Å². The van der Waals surface area contributed by atoms with Crippen LogP contribution in [0.3, 0.4) is 0 Å². The zero-order valence-electron chi connectivity index (χ0n) is 35.1. The summed E-state index contributed by atoms with van der Waals surface area (Å²) in [6.07, 6.45) is 3.88. The van der Waals surface area contributed by atoms with E-state index in [0.29, 0.717) is 38.5 Å². The third kappa shape index (κ3) is 11.0. The summed E-state index contributed by atoms with van der Waals surface area (Å²) in [7, 11) is -4.46. The number of hydrogen-bond donors (Lipinski definition) is 2. The third-order valence-electron chi connectivity index (χ3n) is 12.1. The molecule has 61 heavy (non-hydrogen) atoms. The lowest BCUT2D eigenvalue weighted by Crippen LogP contribution is -2.59. The van der Waals surface area contributed by atoms with Crippen molar-refractivity contribution in [1.82, 2.24) is 14.5 Å². The normalized spacial score (nSPS) is 18.7. The standard InChI is InChI=1S/C46H55ClN6O6S2/c1-4-46(52-26-28-59-29-27-52,33-60-39-8-6-5-7-9-39)48-42-19-18-40(30-43(42)53(55)56)61(57,58)49-44(54)35-12-16-38(17-13-35)51-24-22-50(23-25-51)32-36-31-45(2,3)21-20-41(36)34-10-14-37(47)15-11-34/h5-19,30,48H,4,20-29,31-33H2,1-3H3,(H,49,54)/t46-/m1/s1. The number of nitro benzene ring substituents is 1. The molecule has 0 unspecified atom stereocenters. The highest BCUT2D eigenvalue weighted by Crippen LogP contribution is 2.43. The number of allylic oxidation sites excluding steroid dienone is 1. The Morgan fingerprint density at radius 3 is 2.28 bits per heavy atom. The zero-order valence-corrected chi connectivity index (χ0v) is 37.5. The number of carbonyl (C=O) groups is 1. The van der Waals surface area contributed by atoms with E-state index in [1.807, 2.05) is 61.5 Å². The van der Waals surface area contributed by atoms with E-state index in [-0.39, 0.29) is 21.6 Å². The minimum atomic E-state index is -4.46. The Hall–Kier alpha value is -4.44. The minimum Gasteiger partial charge on any atom is -0.379 e. The average Bonchev–Trinajstić information content (AvgIpc) is 3.26. The second-order valence-corrected chi connectivity index (χ2v) is 20.0. The van der Waals surface area contributed by atoms with Gasteiger partial charge in [0.05, 0.1) is 23.0 Å². The lowest BCUT2D eigenvalue weighted by Gasteiger charge is -2.46. The number of halogens is 1. The fourth-order valence-corrected chi connectivity index (χ4v) is 10.9. The van der Waals surface area contributed by atoms with Gasteiger partial charge in [0.1, 0.15) is 11.4 Å². The number of morpholine rings is 1. The molecule has 2 fully saturated rings. The molecule has 2 aliphatic heterocycles. The maximum absolute atomic E-state index is 13.6. The topological polar surface area (TPSA) is 137 Å². The Kier molecular flexibility index (Phi) is 14.1. The summed E-state index contributed by atoms with van der Waals surface area (Å²) >= 11 is 7.84. The maximum Gasteiger partial charge on any atom is 0.293 e. The van der Waals surface area contributed by atoms with Crippen molar-refractivity contribution in [3.05, 3.63) is 129 Å². The number of ether oxygens (including phenoxy) is 1. The number of nitro groups is 1. The molecule has 1 aliphatic carbocycles. The molecule has 4 aromatic carbocycles. The quantitative estimate of drug-likeness (QED) is 0.0674. The van der Waals surface area contributed by atoms with Gasteiger partial charge in [0.2, 0.25) is 0 Å². The molecule has 7 rings (SSSR count). The summed E-state index contributed by atoms with van der Waals surface area (Å²) in [6, 6.07) is 28.7. The molecule has 0 aromatic heterocycles. The number of nitrogens with zero attached hydrogens (tertiary/aromatic N) is 4. The first-order chi connectivity index (χ1) is 29.2. The van der Waals surface area contributed by atoms with Crippen LogP contribution >= 0.6 is 23.4 Å². The van der Waals surface area contributed by atoms with E-state index in [1.54, 1.807) is 23.9 Å². The summed E-state index contributed by atoms with van der Waals surface area (Å²) in [5.41, 5.74) is 4.64. The second kappa shape index (κ2) is 19.3. The SMILES string of the molecule is CC[C@@](CSc1ccccc1)(Nc1ccc(S(=O)(=O)NC(=O)c2ccc(N3CCN(CC4=C(c5ccc(Cl)cc5)CCC(C)(C)C4)CC3)cc2)cc1[N+](=O)[O-])N1CCOCC1. The van der Waals surface area contributed by atoms with Gasteiger partial charge >= 0.3 is 0 Å². The molecule has 0 bridgehead atoms. The lowest BCUT2D eigenvalue weighted by molar-refractivity contribution is -0.384. The molecule has 0 spiro atoms. The lowest BCUT2D eigenvalue weighted by atomic mass is 9.73. The van der Waals surface area contributed by atoms with E-state index in [9.17, 15) is 23.3 Å². The van der Waals surface area contributed by atoms with Crippen LogP contribution in [0.15, 0.2) is 112 Å². The van der Waals surface area contributed by atoms with Gasteiger partial charge in [0.25, 0.3) is 21.6 Å². The number of hydrogen-bond acceptors (Lipinski definition) is 11. The van der Waals surface area contributed by atoms with Crippen molar-refractivity contribution in [2.24, 2.45) is 5.41 Å². The first-order valence-corrected chi connectivity index (χ1v) is 23.8. The van der Waals surface area contributed by atoms with E-state index >= 15 is 0 Å². The van der Waals surface area contributed by atoms with Crippen molar-refractivity contribution in [2.75, 3.05) is 75.0 Å². The highest BCUT2D eigenvalue weighted by molar-refractivity contribution is 7.99. The maximum atomic E-state index is 13.6. The summed E-state index contributed by atoms with van der Waals surface area (Å²) < 4.78 is 34.9. The molecule has 4 aromatic rings. The van der Waals surface area contributed by atoms with Gasteiger partial charge in [-0.2, -0.15) is 0 Å². The molecule has 3 aliphatic rings. The van der Waals surface area contributed by atoms with E-state index < -0.39 is 32.2 Å². The summed E-state index contributed by atoms with van der Waals surface area (Å²) in [5, 5.41) is 16.7. The number of carbonyl (C=O) groups excluding carboxylic acids is 1. The molecule has 2 saturated heterocycles. The molecule has 2 heterocycles. The van der Waals surface area contributed by atoms with Gasteiger partial charge in [-0.1, -0.05) is 68.3 Å². The van der Waals surface area contributed by atoms with Crippen LogP contribution in [0.5, 0.6) is 0 Å². The molecule has 15 heteroatoms. The van der Waals surface area contributed by atoms with Crippen LogP contribution in [0.1, 0.15) is 62.4 Å². The third-order valence-corrected chi connectivity index (χ3v) is 14.9. The predicted octanol–water partition coefficient (Wildman–Crippen LogP) is 8.80. The van der Waals surface area contributed by atoms with Crippen molar-refractivity contribution in [2.45, 2.75) is 61.9 Å². The molecule has 1 atom stereocenters. The molecule has 0 radical (unpaired) electrons. The van der Waals surface area contributed by atoms with Crippen molar-refractivity contribution < 1.29 is 22.9 Å². The van der Waals surface area contributed by atoms with E-state index in [0.717, 1.165) is 73.7 Å². The highest BCUT2D eigenvalue weighted by atomic mass is 35.5. The van der Waals surface area contributed by atoms with Gasteiger partial charge < -0.3 is 15.0 Å². The first-order valence-electron chi connectivity index (χ1n) is 20.9. The highest BCUT2D eigenvalue weighted by Gasteiger charge is 2.38. The average molecular weight is 888 g/mol. The number of benzene rings is 4. The molecule has 12 nitrogen and oxygen atoms in total.